The van der Waals surface area contributed by atoms with Gasteiger partial charge in [0.2, 0.25) is 0 Å². The lowest BCUT2D eigenvalue weighted by Crippen LogP contribution is -2.25. The molecule has 14 nitrogen and oxygen atoms in total. The second-order valence-corrected chi connectivity index (χ2v) is 21.8. The minimum absolute atomic E-state index is 0.159. The molecule has 6 unspecified atom stereocenters. The molecule has 0 aliphatic rings. The van der Waals surface area contributed by atoms with E-state index in [4.69, 9.17) is 0 Å². The first kappa shape index (κ1) is 46.0. The summed E-state index contributed by atoms with van der Waals surface area (Å²) in [7, 11) is -7.58. The molecule has 6 rings (SSSR count). The molecule has 0 saturated heterocycles. The van der Waals surface area contributed by atoms with Crippen LogP contribution in [0.4, 0.5) is 17.5 Å². The summed E-state index contributed by atoms with van der Waals surface area (Å²) in [6, 6.07) is 26.5. The van der Waals surface area contributed by atoms with Gasteiger partial charge in [-0.2, -0.15) is 4.36 Å². The van der Waals surface area contributed by atoms with Gasteiger partial charge in [0.1, 0.15) is 19.5 Å². The number of aryl methyl sites for hydroxylation is 3. The van der Waals surface area contributed by atoms with Crippen LogP contribution < -0.4 is 9.46 Å². The van der Waals surface area contributed by atoms with E-state index in [2.05, 4.69) is 33.0 Å². The maximum atomic E-state index is 12.7. The Kier molecular flexibility index (Phi) is 15.9. The predicted molar refractivity (Wildman–Crippen MR) is 236 cm³/mol. The smallest absolute Gasteiger partial charge is 0.336 e. The average Bonchev–Trinajstić information content (AvgIpc) is 3.20. The van der Waals surface area contributed by atoms with E-state index < -0.39 is 29.2 Å². The summed E-state index contributed by atoms with van der Waals surface area (Å²) in [5.74, 6) is 0.820. The summed E-state index contributed by atoms with van der Waals surface area (Å²) >= 11 is 0. The van der Waals surface area contributed by atoms with Crippen LogP contribution in [-0.4, -0.2) is 51.3 Å². The van der Waals surface area contributed by atoms with Crippen LogP contribution in [0.1, 0.15) is 70.3 Å². The zero-order valence-corrected chi connectivity index (χ0v) is 37.1. The van der Waals surface area contributed by atoms with E-state index in [1.54, 1.807) is 86.0 Å². The first-order valence-corrected chi connectivity index (χ1v) is 24.4. The Morgan fingerprint density at radius 1 is 0.492 bits per heavy atom. The van der Waals surface area contributed by atoms with Gasteiger partial charge in [0.05, 0.1) is 37.9 Å². The third kappa shape index (κ3) is 13.4. The zero-order chi connectivity index (χ0) is 43.4. The van der Waals surface area contributed by atoms with Crippen molar-refractivity contribution in [2.45, 2.75) is 57.3 Å². The van der Waals surface area contributed by atoms with E-state index in [0.29, 0.717) is 15.3 Å². The molecule has 59 heavy (non-hydrogen) atoms. The number of hydrogen-bond donors (Lipinski definition) is 0. The summed E-state index contributed by atoms with van der Waals surface area (Å²) in [6.07, 6.45) is 14.3. The Morgan fingerprint density at radius 3 is 1.15 bits per heavy atom. The normalized spacial score (nSPS) is 15.4. The van der Waals surface area contributed by atoms with Gasteiger partial charge in [-0.1, -0.05) is 36.4 Å². The first-order valence-electron chi connectivity index (χ1n) is 18.5. The van der Waals surface area contributed by atoms with Gasteiger partial charge in [0, 0.05) is 81.5 Å². The molecule has 0 saturated carbocycles. The van der Waals surface area contributed by atoms with Gasteiger partial charge >= 0.3 is 11.6 Å². The Morgan fingerprint density at radius 2 is 0.847 bits per heavy atom. The highest BCUT2D eigenvalue weighted by Gasteiger charge is 2.23. The maximum absolute atomic E-state index is 12.7. The number of hydrogen-bond acceptors (Lipinski definition) is 12. The third-order valence-corrected chi connectivity index (χ3v) is 15.7. The van der Waals surface area contributed by atoms with Crippen LogP contribution in [-0.2, 0) is 29.2 Å². The Labute approximate surface area is 348 Å². The van der Waals surface area contributed by atoms with Crippen molar-refractivity contribution >= 4 is 46.6 Å². The van der Waals surface area contributed by atoms with Crippen LogP contribution in [0.5, 0.6) is 0 Å². The van der Waals surface area contributed by atoms with Gasteiger partial charge in [-0.25, -0.2) is 27.1 Å². The number of aromatic nitrogens is 6. The topological polar surface area (TPSA) is 194 Å². The molecular weight excluding hydrogens is 807 g/mol. The molecule has 0 aliphatic heterocycles. The van der Waals surface area contributed by atoms with Gasteiger partial charge in [-0.15, -0.1) is 0 Å². The lowest BCUT2D eigenvalue weighted by molar-refractivity contribution is -0.591. The SMILES string of the molecule is Cc1ccc(C(C)S(C)(=O)=Nc2cccc[n+]2[O-])cn1.Cc1ccc(C(C)S(C)(=O)=Nc2cccc[n+]2[O-])cn1.Cc1ccc(C(C)S(C)(=O)=Nc2ccccn2)cn1. The predicted octanol–water partition coefficient (Wildman–Crippen LogP) is 8.30. The largest absolute Gasteiger partial charge is 0.710 e. The lowest BCUT2D eigenvalue weighted by Gasteiger charge is -2.13. The highest BCUT2D eigenvalue weighted by atomic mass is 32.2. The van der Waals surface area contributed by atoms with Crippen molar-refractivity contribution in [1.29, 1.82) is 0 Å². The molecule has 0 fully saturated rings. The van der Waals surface area contributed by atoms with E-state index >= 15 is 0 Å². The molecular formula is C42H51N9O5S3. The van der Waals surface area contributed by atoms with Gasteiger partial charge < -0.3 is 10.4 Å². The fraction of sp³-hybridized carbons (Fsp3) is 0.286. The average molecular weight is 858 g/mol. The summed E-state index contributed by atoms with van der Waals surface area (Å²) in [5.41, 5.74) is 5.38. The standard InChI is InChI=1S/2C14H17N3O2S.C14H17N3OS/c2*1-11-7-8-13(10-15-11)12(2)20(3,19)16-14-6-4-5-9-17(14)18;1-11-7-8-13(10-16-11)12(2)19(3,18)17-14-6-4-5-9-15-14/h2*4-10,12H,1-3H3;4-10,12H,1-3H3. The van der Waals surface area contributed by atoms with Gasteiger partial charge in [0.15, 0.2) is 5.82 Å². The summed E-state index contributed by atoms with van der Waals surface area (Å²) in [4.78, 5) is 16.7. The minimum Gasteiger partial charge on any atom is -0.710 e. The third-order valence-electron chi connectivity index (χ3n) is 9.26. The molecule has 6 heterocycles. The lowest BCUT2D eigenvalue weighted by atomic mass is 10.2. The van der Waals surface area contributed by atoms with E-state index in [1.165, 1.54) is 12.4 Å². The number of pyridine rings is 6. The van der Waals surface area contributed by atoms with Crippen LogP contribution in [0.25, 0.3) is 0 Å². The summed E-state index contributed by atoms with van der Waals surface area (Å²) < 4.78 is 52.0. The molecule has 17 heteroatoms. The van der Waals surface area contributed by atoms with Crippen molar-refractivity contribution in [1.82, 2.24) is 19.9 Å². The van der Waals surface area contributed by atoms with Crippen molar-refractivity contribution in [2.24, 2.45) is 13.1 Å². The van der Waals surface area contributed by atoms with E-state index in [1.807, 2.05) is 90.1 Å². The quantitative estimate of drug-likeness (QED) is 0.102. The zero-order valence-electron chi connectivity index (χ0n) is 34.6. The van der Waals surface area contributed by atoms with Crippen LogP contribution in [0, 0.1) is 31.2 Å². The fourth-order valence-corrected chi connectivity index (χ4v) is 9.01. The van der Waals surface area contributed by atoms with Crippen LogP contribution in [0.3, 0.4) is 0 Å². The van der Waals surface area contributed by atoms with E-state index in [9.17, 15) is 23.0 Å². The van der Waals surface area contributed by atoms with Crippen molar-refractivity contribution in [3.8, 4) is 0 Å². The maximum Gasteiger partial charge on any atom is 0.336 e. The second-order valence-electron chi connectivity index (χ2n) is 13.9. The van der Waals surface area contributed by atoms with Gasteiger partial charge in [-0.05, 0) is 101 Å². The van der Waals surface area contributed by atoms with Crippen molar-refractivity contribution in [3.05, 3.63) is 172 Å². The van der Waals surface area contributed by atoms with Crippen LogP contribution in [0.2, 0.25) is 0 Å². The molecule has 6 atom stereocenters. The Hall–Kier alpha value is -5.65. The number of rotatable bonds is 9. The van der Waals surface area contributed by atoms with E-state index in [0.717, 1.165) is 33.8 Å². The van der Waals surface area contributed by atoms with Crippen LogP contribution >= 0.6 is 0 Å². The number of nitrogens with zero attached hydrogens (tertiary/aromatic N) is 9. The van der Waals surface area contributed by atoms with Crippen LogP contribution in [0.15, 0.2) is 141 Å². The Balaban J connectivity index is 0.000000196. The molecule has 0 bridgehead atoms. The highest BCUT2D eigenvalue weighted by molar-refractivity contribution is 7.93. The first-order chi connectivity index (χ1) is 27.8. The summed E-state index contributed by atoms with van der Waals surface area (Å²) in [6.45, 7) is 11.3. The van der Waals surface area contributed by atoms with Crippen molar-refractivity contribution in [3.63, 3.8) is 0 Å². The molecule has 0 amide bonds. The highest BCUT2D eigenvalue weighted by Crippen LogP contribution is 2.27. The Bertz CT molecular complexity index is 2570. The molecule has 0 spiro atoms. The second kappa shape index (κ2) is 20.4. The monoisotopic (exact) mass is 857 g/mol. The van der Waals surface area contributed by atoms with Gasteiger partial charge in [-0.3, -0.25) is 15.0 Å². The molecule has 0 N–H and O–H groups in total. The van der Waals surface area contributed by atoms with Gasteiger partial charge in [0.25, 0.3) is 0 Å². The molecule has 6 aromatic rings. The van der Waals surface area contributed by atoms with E-state index in [-0.39, 0.29) is 27.4 Å². The fourth-order valence-electron chi connectivity index (χ4n) is 5.10. The van der Waals surface area contributed by atoms with Crippen molar-refractivity contribution < 1.29 is 22.1 Å². The summed E-state index contributed by atoms with van der Waals surface area (Å²) in [5, 5.41) is 22.4. The molecule has 312 valence electrons. The van der Waals surface area contributed by atoms with Crippen molar-refractivity contribution in [2.75, 3.05) is 18.8 Å². The molecule has 0 aliphatic carbocycles. The molecule has 0 radical (unpaired) electrons. The minimum atomic E-state index is -2.59. The molecule has 6 aromatic heterocycles. The molecule has 0 aromatic carbocycles.